The Hall–Kier alpha value is -1.47. The third-order valence-electron chi connectivity index (χ3n) is 4.53. The van der Waals surface area contributed by atoms with Crippen LogP contribution in [0.4, 0.5) is 0 Å². The first-order valence-corrected chi connectivity index (χ1v) is 10.6. The quantitative estimate of drug-likeness (QED) is 0.491. The normalized spacial score (nSPS) is 18.8. The Kier molecular flexibility index (Phi) is 15.6. The van der Waals surface area contributed by atoms with Crippen molar-refractivity contribution >= 4 is 17.6 Å². The van der Waals surface area contributed by atoms with Crippen molar-refractivity contribution in [2.24, 2.45) is 11.8 Å². The molecule has 0 spiro atoms. The highest BCUT2D eigenvalue weighted by Gasteiger charge is 2.28. The fourth-order valence-electron chi connectivity index (χ4n) is 3.08. The maximum Gasteiger partial charge on any atom is 0.222 e. The largest absolute Gasteiger partial charge is 0.379 e. The lowest BCUT2D eigenvalue weighted by atomic mass is 9.80. The van der Waals surface area contributed by atoms with E-state index in [1.54, 1.807) is 0 Å². The number of Topliss-reactive ketones (excluding diaryl/α,β-unsaturated/α-hetero) is 1. The van der Waals surface area contributed by atoms with Crippen molar-refractivity contribution in [1.82, 2.24) is 10.6 Å². The summed E-state index contributed by atoms with van der Waals surface area (Å²) >= 11 is 0. The minimum Gasteiger partial charge on any atom is -0.379 e. The Bertz CT molecular complexity index is 446. The van der Waals surface area contributed by atoms with Gasteiger partial charge >= 0.3 is 0 Å². The zero-order valence-corrected chi connectivity index (χ0v) is 18.3. The molecule has 164 valence electrons. The van der Waals surface area contributed by atoms with Gasteiger partial charge in [-0.3, -0.25) is 14.4 Å². The summed E-state index contributed by atoms with van der Waals surface area (Å²) in [6.07, 6.45) is 3.81. The number of ketones is 1. The van der Waals surface area contributed by atoms with Crippen LogP contribution in [-0.2, 0) is 23.9 Å². The number of amides is 2. The van der Waals surface area contributed by atoms with E-state index in [2.05, 4.69) is 10.6 Å². The molecular formula is C21H40N2O5. The van der Waals surface area contributed by atoms with Crippen LogP contribution >= 0.6 is 0 Å². The van der Waals surface area contributed by atoms with Crippen molar-refractivity contribution in [3.63, 3.8) is 0 Å². The van der Waals surface area contributed by atoms with Crippen LogP contribution in [0.15, 0.2) is 0 Å². The summed E-state index contributed by atoms with van der Waals surface area (Å²) in [5.41, 5.74) is 0. The van der Waals surface area contributed by atoms with E-state index in [1.165, 1.54) is 6.92 Å². The van der Waals surface area contributed by atoms with Gasteiger partial charge in [0.15, 0.2) is 0 Å². The molecule has 0 aromatic rings. The van der Waals surface area contributed by atoms with E-state index >= 15 is 0 Å². The fourth-order valence-corrected chi connectivity index (χ4v) is 3.08. The van der Waals surface area contributed by atoms with Crippen molar-refractivity contribution in [2.45, 2.75) is 72.8 Å². The smallest absolute Gasteiger partial charge is 0.222 e. The van der Waals surface area contributed by atoms with Gasteiger partial charge in [-0.25, -0.2) is 0 Å². The fraction of sp³-hybridized carbons (Fsp3) is 0.857. The number of rotatable bonds is 12. The van der Waals surface area contributed by atoms with Crippen LogP contribution in [-0.4, -0.2) is 56.6 Å². The molecular weight excluding hydrogens is 360 g/mol. The third-order valence-corrected chi connectivity index (χ3v) is 4.53. The van der Waals surface area contributed by atoms with Crippen molar-refractivity contribution < 1.29 is 23.9 Å². The van der Waals surface area contributed by atoms with Crippen molar-refractivity contribution in [3.8, 4) is 0 Å². The lowest BCUT2D eigenvalue weighted by molar-refractivity contribution is -0.127. The predicted octanol–water partition coefficient (Wildman–Crippen LogP) is 2.47. The number of ether oxygens (including phenoxy) is 2. The SMILES string of the molecule is CC.CC(=O)NCCOCCOCCC(=O)NC1CCC(C(=O)C(C)C)CC1. The van der Waals surface area contributed by atoms with Crippen LogP contribution in [0.1, 0.15) is 66.7 Å². The minimum absolute atomic E-state index is 0.00443. The van der Waals surface area contributed by atoms with E-state index in [-0.39, 0.29) is 29.7 Å². The van der Waals surface area contributed by atoms with Crippen molar-refractivity contribution in [2.75, 3.05) is 33.0 Å². The zero-order valence-electron chi connectivity index (χ0n) is 18.3. The van der Waals surface area contributed by atoms with Gasteiger partial charge in [-0.2, -0.15) is 0 Å². The molecule has 1 aliphatic carbocycles. The molecule has 0 aromatic carbocycles. The molecule has 1 rings (SSSR count). The van der Waals surface area contributed by atoms with E-state index < -0.39 is 0 Å². The Morgan fingerprint density at radius 2 is 1.50 bits per heavy atom. The number of nitrogens with one attached hydrogen (secondary N) is 2. The molecule has 0 saturated heterocycles. The van der Waals surface area contributed by atoms with Crippen molar-refractivity contribution in [1.29, 1.82) is 0 Å². The molecule has 0 aromatic heterocycles. The van der Waals surface area contributed by atoms with E-state index in [0.717, 1.165) is 25.7 Å². The number of hydrogen-bond acceptors (Lipinski definition) is 5. The van der Waals surface area contributed by atoms with Gasteiger partial charge in [0.1, 0.15) is 5.78 Å². The van der Waals surface area contributed by atoms with Gasteiger partial charge in [-0.05, 0) is 25.7 Å². The molecule has 7 nitrogen and oxygen atoms in total. The lowest BCUT2D eigenvalue weighted by Gasteiger charge is -2.29. The second-order valence-corrected chi connectivity index (χ2v) is 7.13. The van der Waals surface area contributed by atoms with E-state index in [1.807, 2.05) is 27.7 Å². The summed E-state index contributed by atoms with van der Waals surface area (Å²) in [5.74, 6) is 0.531. The van der Waals surface area contributed by atoms with Crippen LogP contribution in [0.2, 0.25) is 0 Å². The molecule has 0 aliphatic heterocycles. The second-order valence-electron chi connectivity index (χ2n) is 7.13. The van der Waals surface area contributed by atoms with Crippen LogP contribution < -0.4 is 10.6 Å². The maximum absolute atomic E-state index is 12.0. The number of carbonyl (C=O) groups is 3. The summed E-state index contributed by atoms with van der Waals surface area (Å²) in [4.78, 5) is 34.6. The molecule has 1 saturated carbocycles. The predicted molar refractivity (Wildman–Crippen MR) is 110 cm³/mol. The molecule has 1 fully saturated rings. The molecule has 0 heterocycles. The molecule has 0 radical (unpaired) electrons. The van der Waals surface area contributed by atoms with Gasteiger partial charge in [0.05, 0.1) is 26.4 Å². The highest BCUT2D eigenvalue weighted by Crippen LogP contribution is 2.27. The van der Waals surface area contributed by atoms with Crippen LogP contribution in [0.25, 0.3) is 0 Å². The van der Waals surface area contributed by atoms with E-state index in [4.69, 9.17) is 9.47 Å². The first-order valence-electron chi connectivity index (χ1n) is 10.6. The molecule has 0 unspecified atom stereocenters. The van der Waals surface area contributed by atoms with Crippen LogP contribution in [0.5, 0.6) is 0 Å². The molecule has 0 atom stereocenters. The van der Waals surface area contributed by atoms with E-state index in [9.17, 15) is 14.4 Å². The monoisotopic (exact) mass is 400 g/mol. The molecule has 7 heteroatoms. The summed E-state index contributed by atoms with van der Waals surface area (Å²) in [6, 6.07) is 0.177. The van der Waals surface area contributed by atoms with Gasteiger partial charge in [0.2, 0.25) is 11.8 Å². The first-order chi connectivity index (χ1) is 13.4. The minimum atomic E-state index is -0.0733. The molecule has 28 heavy (non-hydrogen) atoms. The Balaban J connectivity index is 0.00000352. The summed E-state index contributed by atoms with van der Waals surface area (Å²) < 4.78 is 10.7. The topological polar surface area (TPSA) is 93.7 Å². The summed E-state index contributed by atoms with van der Waals surface area (Å²) in [6.45, 7) is 11.5. The Morgan fingerprint density at radius 1 is 0.929 bits per heavy atom. The third kappa shape index (κ3) is 12.8. The molecule has 2 N–H and O–H groups in total. The van der Waals surface area contributed by atoms with Crippen LogP contribution in [0, 0.1) is 11.8 Å². The highest BCUT2D eigenvalue weighted by molar-refractivity contribution is 5.83. The van der Waals surface area contributed by atoms with Crippen LogP contribution in [0.3, 0.4) is 0 Å². The second kappa shape index (κ2) is 16.5. The molecule has 1 aliphatic rings. The van der Waals surface area contributed by atoms with Gasteiger partial charge < -0.3 is 20.1 Å². The Labute approximate surface area is 170 Å². The zero-order chi connectivity index (χ0) is 21.4. The van der Waals surface area contributed by atoms with E-state index in [0.29, 0.717) is 45.2 Å². The van der Waals surface area contributed by atoms with Gasteiger partial charge in [0, 0.05) is 37.8 Å². The average Bonchev–Trinajstić information content (AvgIpc) is 2.68. The highest BCUT2D eigenvalue weighted by atomic mass is 16.5. The standard InChI is InChI=1S/C19H34N2O5.C2H6/c1-14(2)19(24)16-4-6-17(7-5-16)21-18(23)8-10-25-12-13-26-11-9-20-15(3)22;1-2/h14,16-17H,4-13H2,1-3H3,(H,20,22)(H,21,23);1-2H3. The lowest BCUT2D eigenvalue weighted by Crippen LogP contribution is -2.39. The first kappa shape index (κ1) is 26.5. The summed E-state index contributed by atoms with van der Waals surface area (Å²) in [5, 5.41) is 5.67. The summed E-state index contributed by atoms with van der Waals surface area (Å²) in [7, 11) is 0. The van der Waals surface area contributed by atoms with Gasteiger partial charge in [-0.15, -0.1) is 0 Å². The molecule has 2 amide bonds. The number of hydrogen-bond donors (Lipinski definition) is 2. The van der Waals surface area contributed by atoms with Gasteiger partial charge in [0.25, 0.3) is 0 Å². The Morgan fingerprint density at radius 3 is 2.04 bits per heavy atom. The maximum atomic E-state index is 12.0. The molecule has 0 bridgehead atoms. The van der Waals surface area contributed by atoms with Gasteiger partial charge in [-0.1, -0.05) is 27.7 Å². The number of carbonyl (C=O) groups excluding carboxylic acids is 3. The van der Waals surface area contributed by atoms with Crippen molar-refractivity contribution in [3.05, 3.63) is 0 Å². The average molecular weight is 401 g/mol.